The minimum Gasteiger partial charge on any atom is -0.465 e. The van der Waals surface area contributed by atoms with E-state index in [0.717, 1.165) is 24.1 Å². The Morgan fingerprint density at radius 1 is 1.29 bits per heavy atom. The van der Waals surface area contributed by atoms with Gasteiger partial charge >= 0.3 is 12.3 Å². The molecule has 0 saturated carbocycles. The van der Waals surface area contributed by atoms with E-state index in [1.165, 1.54) is 18.2 Å². The zero-order chi connectivity index (χ0) is 20.7. The summed E-state index contributed by atoms with van der Waals surface area (Å²) in [6.45, 7) is -0.201. The smallest absolute Gasteiger partial charge is 0.465 e. The van der Waals surface area contributed by atoms with Gasteiger partial charge in [-0.05, 0) is 23.8 Å². The summed E-state index contributed by atoms with van der Waals surface area (Å²) in [5.41, 5.74) is 0.273. The Morgan fingerprint density at radius 2 is 2.00 bits per heavy atom. The van der Waals surface area contributed by atoms with Crippen LogP contribution in [0.1, 0.15) is 15.2 Å². The van der Waals surface area contributed by atoms with Gasteiger partial charge in [0.05, 0.1) is 19.3 Å². The molecular formula is C16H12F3NO6S2. The van der Waals surface area contributed by atoms with Crippen LogP contribution in [0.3, 0.4) is 0 Å². The molecule has 0 fully saturated rings. The first-order valence-corrected chi connectivity index (χ1v) is 10.1. The number of hydrogen-bond donors (Lipinski definition) is 0. The van der Waals surface area contributed by atoms with Crippen LogP contribution in [0, 0.1) is 0 Å². The molecular weight excluding hydrogens is 423 g/mol. The number of thiophene rings is 1. The second-order valence-electron chi connectivity index (χ2n) is 5.71. The lowest BCUT2D eigenvalue weighted by molar-refractivity contribution is -0.274. The van der Waals surface area contributed by atoms with Crippen molar-refractivity contribution in [3.63, 3.8) is 0 Å². The van der Waals surface area contributed by atoms with E-state index in [1.807, 2.05) is 0 Å². The number of ether oxygens (including phenoxy) is 2. The molecule has 0 unspecified atom stereocenters. The van der Waals surface area contributed by atoms with Crippen LogP contribution >= 0.6 is 11.3 Å². The standard InChI is InChI=1S/C16H12F3NO6S2/c1-25-14(22)12-6-11-15(27-12)28(23,24)8-13(21)20(11)7-9-3-2-4-10(5-9)26-16(17,18)19/h2-6H,7-8H2,1H3. The van der Waals surface area contributed by atoms with Gasteiger partial charge < -0.3 is 14.4 Å². The van der Waals surface area contributed by atoms with Gasteiger partial charge in [0, 0.05) is 0 Å². The Morgan fingerprint density at radius 3 is 2.64 bits per heavy atom. The molecule has 1 aliphatic heterocycles. The Balaban J connectivity index is 1.97. The third kappa shape index (κ3) is 4.12. The highest BCUT2D eigenvalue weighted by molar-refractivity contribution is 7.94. The summed E-state index contributed by atoms with van der Waals surface area (Å²) < 4.78 is 70.0. The van der Waals surface area contributed by atoms with Crippen LogP contribution in [0.25, 0.3) is 0 Å². The molecule has 0 N–H and O–H groups in total. The van der Waals surface area contributed by atoms with E-state index in [1.54, 1.807) is 0 Å². The summed E-state index contributed by atoms with van der Waals surface area (Å²) in [6.07, 6.45) is -4.87. The molecule has 2 aromatic rings. The molecule has 0 atom stereocenters. The minimum atomic E-state index is -4.87. The Hall–Kier alpha value is -2.60. The third-order valence-electron chi connectivity index (χ3n) is 3.73. The molecule has 12 heteroatoms. The normalized spacial score (nSPS) is 15.9. The predicted molar refractivity (Wildman–Crippen MR) is 92.0 cm³/mol. The van der Waals surface area contributed by atoms with E-state index in [-0.39, 0.29) is 26.9 Å². The highest BCUT2D eigenvalue weighted by Gasteiger charge is 2.38. The maximum absolute atomic E-state index is 12.4. The highest BCUT2D eigenvalue weighted by atomic mass is 32.2. The molecule has 0 spiro atoms. The fourth-order valence-corrected chi connectivity index (χ4v) is 5.48. The number of carbonyl (C=O) groups excluding carboxylic acids is 2. The van der Waals surface area contributed by atoms with Crippen molar-refractivity contribution in [1.29, 1.82) is 0 Å². The molecule has 1 aromatic carbocycles. The average Bonchev–Trinajstić information content (AvgIpc) is 3.03. The van der Waals surface area contributed by atoms with Crippen LogP contribution in [0.4, 0.5) is 18.9 Å². The number of amides is 1. The molecule has 0 aliphatic carbocycles. The van der Waals surface area contributed by atoms with Gasteiger partial charge in [0.1, 0.15) is 20.6 Å². The van der Waals surface area contributed by atoms with Crippen LogP contribution in [0.5, 0.6) is 5.75 Å². The number of benzene rings is 1. The number of esters is 1. The SMILES string of the molecule is COC(=O)c1cc2c(s1)S(=O)(=O)CC(=O)N2Cc1cccc(OC(F)(F)F)c1. The van der Waals surface area contributed by atoms with Gasteiger partial charge in [0.25, 0.3) is 0 Å². The zero-order valence-corrected chi connectivity index (χ0v) is 15.8. The number of anilines is 1. The molecule has 7 nitrogen and oxygen atoms in total. The van der Waals surface area contributed by atoms with Crippen LogP contribution in [0.2, 0.25) is 0 Å². The number of methoxy groups -OCH3 is 1. The van der Waals surface area contributed by atoms with Crippen molar-refractivity contribution in [2.24, 2.45) is 0 Å². The summed E-state index contributed by atoms with van der Waals surface area (Å²) >= 11 is 0.672. The van der Waals surface area contributed by atoms with E-state index in [9.17, 15) is 31.2 Å². The number of halogens is 3. The van der Waals surface area contributed by atoms with Crippen molar-refractivity contribution in [1.82, 2.24) is 0 Å². The average molecular weight is 435 g/mol. The van der Waals surface area contributed by atoms with E-state index < -0.39 is 39.6 Å². The topological polar surface area (TPSA) is 90.0 Å². The molecule has 2 heterocycles. The van der Waals surface area contributed by atoms with Gasteiger partial charge in [0.15, 0.2) is 9.84 Å². The van der Waals surface area contributed by atoms with Crippen LogP contribution < -0.4 is 9.64 Å². The number of hydrogen-bond acceptors (Lipinski definition) is 7. The maximum atomic E-state index is 12.4. The first-order valence-electron chi connectivity index (χ1n) is 7.60. The van der Waals surface area contributed by atoms with Gasteiger partial charge in [-0.2, -0.15) is 0 Å². The van der Waals surface area contributed by atoms with Gasteiger partial charge in [-0.3, -0.25) is 4.79 Å². The zero-order valence-electron chi connectivity index (χ0n) is 14.1. The van der Waals surface area contributed by atoms with E-state index >= 15 is 0 Å². The van der Waals surface area contributed by atoms with Gasteiger partial charge in [-0.1, -0.05) is 12.1 Å². The fraction of sp³-hybridized carbons (Fsp3) is 0.250. The monoisotopic (exact) mass is 435 g/mol. The van der Waals surface area contributed by atoms with Crippen molar-refractivity contribution >= 4 is 38.7 Å². The number of alkyl halides is 3. The number of sulfone groups is 1. The highest BCUT2D eigenvalue weighted by Crippen LogP contribution is 2.39. The lowest BCUT2D eigenvalue weighted by Gasteiger charge is -2.27. The number of carbonyl (C=O) groups is 2. The lowest BCUT2D eigenvalue weighted by Crippen LogP contribution is -2.39. The number of nitrogens with zero attached hydrogens (tertiary/aromatic N) is 1. The number of fused-ring (bicyclic) bond motifs is 1. The second kappa shape index (κ2) is 7.09. The molecule has 3 rings (SSSR count). The predicted octanol–water partition coefficient (Wildman–Crippen LogP) is 2.75. The molecule has 1 amide bonds. The van der Waals surface area contributed by atoms with Crippen LogP contribution in [0.15, 0.2) is 34.5 Å². The molecule has 150 valence electrons. The van der Waals surface area contributed by atoms with Gasteiger partial charge in [0.2, 0.25) is 5.91 Å². The summed E-state index contributed by atoms with van der Waals surface area (Å²) in [6, 6.07) is 6.20. The summed E-state index contributed by atoms with van der Waals surface area (Å²) in [5, 5.41) is 0. The molecule has 0 bridgehead atoms. The molecule has 28 heavy (non-hydrogen) atoms. The van der Waals surface area contributed by atoms with Crippen LogP contribution in [-0.2, 0) is 25.9 Å². The van der Waals surface area contributed by atoms with E-state index in [2.05, 4.69) is 9.47 Å². The fourth-order valence-electron chi connectivity index (χ4n) is 2.61. The van der Waals surface area contributed by atoms with Gasteiger partial charge in [-0.25, -0.2) is 13.2 Å². The third-order valence-corrected chi connectivity index (χ3v) is 7.04. The maximum Gasteiger partial charge on any atom is 0.573 e. The van der Waals surface area contributed by atoms with E-state index in [0.29, 0.717) is 11.3 Å². The van der Waals surface area contributed by atoms with E-state index in [4.69, 9.17) is 0 Å². The van der Waals surface area contributed by atoms with Crippen molar-refractivity contribution in [2.45, 2.75) is 17.1 Å². The molecule has 1 aliphatic rings. The first-order chi connectivity index (χ1) is 13.0. The summed E-state index contributed by atoms with van der Waals surface area (Å²) in [4.78, 5) is 25.2. The van der Waals surface area contributed by atoms with Crippen molar-refractivity contribution < 1.29 is 40.7 Å². The Labute approximate surface area is 161 Å². The van der Waals surface area contributed by atoms with Crippen molar-refractivity contribution in [3.8, 4) is 5.75 Å². The first kappa shape index (κ1) is 20.1. The van der Waals surface area contributed by atoms with Crippen molar-refractivity contribution in [2.75, 3.05) is 17.8 Å². The Kier molecular flexibility index (Phi) is 5.10. The molecule has 0 saturated heterocycles. The lowest BCUT2D eigenvalue weighted by atomic mass is 10.2. The summed E-state index contributed by atoms with van der Waals surface area (Å²) in [7, 11) is -2.79. The van der Waals surface area contributed by atoms with Crippen molar-refractivity contribution in [3.05, 3.63) is 40.8 Å². The number of rotatable bonds is 4. The summed E-state index contributed by atoms with van der Waals surface area (Å²) in [5.74, 6) is -2.80. The largest absolute Gasteiger partial charge is 0.573 e. The second-order valence-corrected chi connectivity index (χ2v) is 8.95. The Bertz CT molecular complexity index is 1040. The molecule has 0 radical (unpaired) electrons. The molecule has 1 aromatic heterocycles. The van der Waals surface area contributed by atoms with Crippen LogP contribution in [-0.4, -0.2) is 39.5 Å². The minimum absolute atomic E-state index is 0.00932. The quantitative estimate of drug-likeness (QED) is 0.686. The van der Waals surface area contributed by atoms with Gasteiger partial charge in [-0.15, -0.1) is 24.5 Å².